The summed E-state index contributed by atoms with van der Waals surface area (Å²) < 4.78 is 1.14. The first-order chi connectivity index (χ1) is 8.15. The molecule has 0 unspecified atom stereocenters. The molecule has 17 heavy (non-hydrogen) atoms. The van der Waals surface area contributed by atoms with Crippen LogP contribution in [0.3, 0.4) is 0 Å². The lowest BCUT2D eigenvalue weighted by atomic mass is 10.2. The van der Waals surface area contributed by atoms with Crippen molar-refractivity contribution >= 4 is 32.4 Å². The summed E-state index contributed by atoms with van der Waals surface area (Å²) in [6.45, 7) is 1.70. The van der Waals surface area contributed by atoms with Crippen LogP contribution in [0.2, 0.25) is 0 Å². The van der Waals surface area contributed by atoms with Gasteiger partial charge in [0.1, 0.15) is 0 Å². The first kappa shape index (κ1) is 12.5. The van der Waals surface area contributed by atoms with Crippen LogP contribution in [0.5, 0.6) is 0 Å². The van der Waals surface area contributed by atoms with Gasteiger partial charge in [-0.2, -0.15) is 0 Å². The fraction of sp³-hybridized carbons (Fsp3) is 0.250. The summed E-state index contributed by atoms with van der Waals surface area (Å²) in [5.41, 5.74) is 7.92. The highest BCUT2D eigenvalue weighted by atomic mass is 79.9. The maximum Gasteiger partial charge on any atom is 0.180 e. The van der Waals surface area contributed by atoms with E-state index in [2.05, 4.69) is 51.1 Å². The van der Waals surface area contributed by atoms with Crippen LogP contribution >= 0.6 is 27.3 Å². The molecule has 3 nitrogen and oxygen atoms in total. The number of benzene rings is 1. The highest BCUT2D eigenvalue weighted by Gasteiger charge is 2.06. The van der Waals surface area contributed by atoms with Gasteiger partial charge in [-0.1, -0.05) is 34.1 Å². The molecule has 0 spiro atoms. The summed E-state index contributed by atoms with van der Waals surface area (Å²) in [6, 6.07) is 8.25. The number of nitrogens with two attached hydrogens (primary N) is 1. The molecule has 2 rings (SSSR count). The lowest BCUT2D eigenvalue weighted by molar-refractivity contribution is 0.315. The van der Waals surface area contributed by atoms with E-state index in [1.807, 2.05) is 11.4 Å². The Labute approximate surface area is 113 Å². The fourth-order valence-electron chi connectivity index (χ4n) is 1.65. The number of hydrogen-bond acceptors (Lipinski definition) is 4. The predicted octanol–water partition coefficient (Wildman–Crippen LogP) is 3.12. The van der Waals surface area contributed by atoms with E-state index in [0.29, 0.717) is 5.13 Å². The molecule has 0 aliphatic carbocycles. The van der Waals surface area contributed by atoms with Crippen molar-refractivity contribution in [3.63, 3.8) is 0 Å². The van der Waals surface area contributed by atoms with Crippen LogP contribution in [0.25, 0.3) is 0 Å². The lowest BCUT2D eigenvalue weighted by Gasteiger charge is -2.16. The SMILES string of the molecule is CN(Cc1csc(N)n1)Cc1ccccc1Br. The molecule has 0 aliphatic heterocycles. The topological polar surface area (TPSA) is 42.1 Å². The van der Waals surface area contributed by atoms with Crippen LogP contribution in [0.15, 0.2) is 34.1 Å². The molecule has 0 aliphatic rings. The summed E-state index contributed by atoms with van der Waals surface area (Å²) in [7, 11) is 2.08. The molecule has 0 saturated heterocycles. The quantitative estimate of drug-likeness (QED) is 0.943. The van der Waals surface area contributed by atoms with E-state index in [4.69, 9.17) is 5.73 Å². The molecule has 0 amide bonds. The van der Waals surface area contributed by atoms with Crippen LogP contribution < -0.4 is 5.73 Å². The molecule has 0 bridgehead atoms. The van der Waals surface area contributed by atoms with E-state index in [0.717, 1.165) is 23.3 Å². The second-order valence-electron chi connectivity index (χ2n) is 3.94. The molecule has 1 aromatic carbocycles. The molecular formula is C12H14BrN3S. The Morgan fingerprint density at radius 1 is 1.35 bits per heavy atom. The third kappa shape index (κ3) is 3.52. The highest BCUT2D eigenvalue weighted by molar-refractivity contribution is 9.10. The number of halogens is 1. The van der Waals surface area contributed by atoms with E-state index in [1.54, 1.807) is 0 Å². The van der Waals surface area contributed by atoms with Gasteiger partial charge in [-0.05, 0) is 18.7 Å². The molecule has 0 atom stereocenters. The summed E-state index contributed by atoms with van der Waals surface area (Å²) in [5, 5.41) is 2.64. The Morgan fingerprint density at radius 3 is 2.76 bits per heavy atom. The molecule has 1 aromatic heterocycles. The third-order valence-corrected chi connectivity index (χ3v) is 3.90. The Balaban J connectivity index is 1.98. The standard InChI is InChI=1S/C12H14BrN3S/c1-16(7-10-8-17-12(14)15-10)6-9-4-2-3-5-11(9)13/h2-5,8H,6-7H2,1H3,(H2,14,15). The molecule has 90 valence electrons. The molecule has 5 heteroatoms. The van der Waals surface area contributed by atoms with Gasteiger partial charge >= 0.3 is 0 Å². The number of anilines is 1. The molecule has 0 fully saturated rings. The molecule has 0 saturated carbocycles. The summed E-state index contributed by atoms with van der Waals surface area (Å²) in [4.78, 5) is 6.47. The first-order valence-electron chi connectivity index (χ1n) is 5.27. The van der Waals surface area contributed by atoms with Crippen LogP contribution in [0.1, 0.15) is 11.3 Å². The van der Waals surface area contributed by atoms with Gasteiger partial charge in [0.15, 0.2) is 5.13 Å². The Morgan fingerprint density at radius 2 is 2.12 bits per heavy atom. The maximum atomic E-state index is 5.61. The molecular weight excluding hydrogens is 298 g/mol. The van der Waals surface area contributed by atoms with Crippen LogP contribution in [-0.4, -0.2) is 16.9 Å². The van der Waals surface area contributed by atoms with Crippen LogP contribution in [0.4, 0.5) is 5.13 Å². The van der Waals surface area contributed by atoms with Gasteiger partial charge in [0.25, 0.3) is 0 Å². The zero-order chi connectivity index (χ0) is 12.3. The van der Waals surface area contributed by atoms with Gasteiger partial charge in [0.2, 0.25) is 0 Å². The number of hydrogen-bond donors (Lipinski definition) is 1. The van der Waals surface area contributed by atoms with E-state index < -0.39 is 0 Å². The Bertz CT molecular complexity index is 498. The number of thiazole rings is 1. The highest BCUT2D eigenvalue weighted by Crippen LogP contribution is 2.19. The van der Waals surface area contributed by atoms with Gasteiger partial charge in [-0.15, -0.1) is 11.3 Å². The summed E-state index contributed by atoms with van der Waals surface area (Å²) >= 11 is 5.04. The van der Waals surface area contributed by atoms with E-state index in [9.17, 15) is 0 Å². The van der Waals surface area contributed by atoms with Gasteiger partial charge in [0.05, 0.1) is 5.69 Å². The van der Waals surface area contributed by atoms with Crippen LogP contribution in [0, 0.1) is 0 Å². The van der Waals surface area contributed by atoms with E-state index >= 15 is 0 Å². The average molecular weight is 312 g/mol. The summed E-state index contributed by atoms with van der Waals surface area (Å²) in [6.07, 6.45) is 0. The molecule has 2 N–H and O–H groups in total. The smallest absolute Gasteiger partial charge is 0.180 e. The van der Waals surface area contributed by atoms with E-state index in [1.165, 1.54) is 16.9 Å². The van der Waals surface area contributed by atoms with Crippen molar-refractivity contribution in [1.29, 1.82) is 0 Å². The van der Waals surface area contributed by atoms with Crippen molar-refractivity contribution in [2.24, 2.45) is 0 Å². The fourth-order valence-corrected chi connectivity index (χ4v) is 2.61. The molecule has 1 heterocycles. The minimum atomic E-state index is 0.634. The van der Waals surface area contributed by atoms with Crippen LogP contribution in [-0.2, 0) is 13.1 Å². The minimum absolute atomic E-state index is 0.634. The Kier molecular flexibility index (Phi) is 4.15. The first-order valence-corrected chi connectivity index (χ1v) is 6.94. The summed E-state index contributed by atoms with van der Waals surface area (Å²) in [5.74, 6) is 0. The predicted molar refractivity (Wildman–Crippen MR) is 75.8 cm³/mol. The molecule has 2 aromatic rings. The van der Waals surface area contributed by atoms with Crippen molar-refractivity contribution in [3.8, 4) is 0 Å². The van der Waals surface area contributed by atoms with Crippen molar-refractivity contribution in [2.75, 3.05) is 12.8 Å². The number of aromatic nitrogens is 1. The monoisotopic (exact) mass is 311 g/mol. The molecule has 0 radical (unpaired) electrons. The van der Waals surface area contributed by atoms with Crippen molar-refractivity contribution in [2.45, 2.75) is 13.1 Å². The largest absolute Gasteiger partial charge is 0.375 e. The van der Waals surface area contributed by atoms with Gasteiger partial charge in [0, 0.05) is 22.9 Å². The van der Waals surface area contributed by atoms with Gasteiger partial charge < -0.3 is 5.73 Å². The Hall–Kier alpha value is -0.910. The van der Waals surface area contributed by atoms with Crippen molar-refractivity contribution in [3.05, 3.63) is 45.4 Å². The minimum Gasteiger partial charge on any atom is -0.375 e. The van der Waals surface area contributed by atoms with Crippen molar-refractivity contribution in [1.82, 2.24) is 9.88 Å². The van der Waals surface area contributed by atoms with Gasteiger partial charge in [-0.25, -0.2) is 4.98 Å². The maximum absolute atomic E-state index is 5.61. The number of rotatable bonds is 4. The normalized spacial score (nSPS) is 11.0. The third-order valence-electron chi connectivity index (χ3n) is 2.40. The zero-order valence-corrected chi connectivity index (χ0v) is 12.0. The number of nitrogen functional groups attached to an aromatic ring is 1. The lowest BCUT2D eigenvalue weighted by Crippen LogP contribution is -2.17. The van der Waals surface area contributed by atoms with E-state index in [-0.39, 0.29) is 0 Å². The van der Waals surface area contributed by atoms with Crippen molar-refractivity contribution < 1.29 is 0 Å². The zero-order valence-electron chi connectivity index (χ0n) is 9.56. The number of nitrogens with zero attached hydrogens (tertiary/aromatic N) is 2. The average Bonchev–Trinajstić information content (AvgIpc) is 2.67. The van der Waals surface area contributed by atoms with Gasteiger partial charge in [-0.3, -0.25) is 4.90 Å². The second kappa shape index (κ2) is 5.62. The second-order valence-corrected chi connectivity index (χ2v) is 5.68.